The van der Waals surface area contributed by atoms with E-state index in [4.69, 9.17) is 4.52 Å². The summed E-state index contributed by atoms with van der Waals surface area (Å²) >= 11 is 0. The molecule has 1 aliphatic rings. The van der Waals surface area contributed by atoms with E-state index in [-0.39, 0.29) is 18.1 Å². The van der Waals surface area contributed by atoms with Gasteiger partial charge in [-0.2, -0.15) is 0 Å². The van der Waals surface area contributed by atoms with Gasteiger partial charge in [-0.3, -0.25) is 9.59 Å². The minimum absolute atomic E-state index is 0.0148. The second kappa shape index (κ2) is 7.29. The van der Waals surface area contributed by atoms with Gasteiger partial charge in [-0.25, -0.2) is 0 Å². The van der Waals surface area contributed by atoms with Gasteiger partial charge >= 0.3 is 0 Å². The summed E-state index contributed by atoms with van der Waals surface area (Å²) in [6.45, 7) is 3.65. The van der Waals surface area contributed by atoms with E-state index in [0.717, 1.165) is 31.5 Å². The molecule has 0 unspecified atom stereocenters. The van der Waals surface area contributed by atoms with Crippen molar-refractivity contribution in [2.45, 2.75) is 19.8 Å². The van der Waals surface area contributed by atoms with Gasteiger partial charge in [0.15, 0.2) is 11.5 Å². The van der Waals surface area contributed by atoms with Crippen molar-refractivity contribution in [3.05, 3.63) is 42.1 Å². The highest BCUT2D eigenvalue weighted by Gasteiger charge is 2.22. The van der Waals surface area contributed by atoms with Gasteiger partial charge in [-0.1, -0.05) is 42.4 Å². The number of aromatic nitrogens is 1. The van der Waals surface area contributed by atoms with Crippen molar-refractivity contribution < 1.29 is 14.1 Å². The first-order valence-electron chi connectivity index (χ1n) is 8.21. The zero-order chi connectivity index (χ0) is 16.9. The molecule has 0 aliphatic carbocycles. The summed E-state index contributed by atoms with van der Waals surface area (Å²) in [6.07, 6.45) is 2.17. The van der Waals surface area contributed by atoms with Crippen LogP contribution in [0.5, 0.6) is 0 Å². The lowest BCUT2D eigenvalue weighted by atomic mass is 10.0. The molecule has 24 heavy (non-hydrogen) atoms. The van der Waals surface area contributed by atoms with Crippen LogP contribution in [0.25, 0.3) is 11.3 Å². The van der Waals surface area contributed by atoms with E-state index < -0.39 is 5.91 Å². The van der Waals surface area contributed by atoms with Gasteiger partial charge < -0.3 is 14.7 Å². The summed E-state index contributed by atoms with van der Waals surface area (Å²) in [6, 6.07) is 11.0. The lowest BCUT2D eigenvalue weighted by Gasteiger charge is -2.30. The standard InChI is InChI=1S/C18H21N3O3/c1-13-6-5-9-21(12-13)17(22)11-19-18(23)15-10-16(24-20-15)14-7-3-2-4-8-14/h2-4,7-8,10,13H,5-6,9,11-12H2,1H3,(H,19,23)/t13-/m1/s1. The molecule has 1 saturated heterocycles. The minimum Gasteiger partial charge on any atom is -0.355 e. The second-order valence-electron chi connectivity index (χ2n) is 6.21. The topological polar surface area (TPSA) is 75.4 Å². The summed E-state index contributed by atoms with van der Waals surface area (Å²) in [5, 5.41) is 6.41. The van der Waals surface area contributed by atoms with Crippen LogP contribution in [0, 0.1) is 5.92 Å². The van der Waals surface area contributed by atoms with Gasteiger partial charge in [0.05, 0.1) is 6.54 Å². The Bertz CT molecular complexity index is 711. The van der Waals surface area contributed by atoms with E-state index >= 15 is 0 Å². The number of benzene rings is 1. The van der Waals surface area contributed by atoms with Crippen LogP contribution in [0.1, 0.15) is 30.3 Å². The Labute approximate surface area is 140 Å². The molecule has 1 aromatic carbocycles. The largest absolute Gasteiger partial charge is 0.355 e. The Kier molecular flexibility index (Phi) is 4.93. The summed E-state index contributed by atoms with van der Waals surface area (Å²) in [5.74, 6) is 0.584. The Hall–Kier alpha value is -2.63. The number of likely N-dealkylation sites (tertiary alicyclic amines) is 1. The first kappa shape index (κ1) is 16.2. The van der Waals surface area contributed by atoms with Crippen LogP contribution >= 0.6 is 0 Å². The lowest BCUT2D eigenvalue weighted by Crippen LogP contribution is -2.44. The molecule has 1 aliphatic heterocycles. The third-order valence-corrected chi connectivity index (χ3v) is 4.21. The third kappa shape index (κ3) is 3.82. The lowest BCUT2D eigenvalue weighted by molar-refractivity contribution is -0.131. The number of nitrogens with zero attached hydrogens (tertiary/aromatic N) is 2. The number of amides is 2. The molecule has 1 N–H and O–H groups in total. The molecular formula is C18H21N3O3. The molecule has 0 radical (unpaired) electrons. The van der Waals surface area contributed by atoms with Crippen molar-refractivity contribution in [1.82, 2.24) is 15.4 Å². The van der Waals surface area contributed by atoms with E-state index in [0.29, 0.717) is 11.7 Å². The van der Waals surface area contributed by atoms with Crippen LogP contribution in [0.4, 0.5) is 0 Å². The fourth-order valence-corrected chi connectivity index (χ4v) is 2.89. The molecule has 2 heterocycles. The molecule has 2 amide bonds. The molecule has 0 saturated carbocycles. The summed E-state index contributed by atoms with van der Waals surface area (Å²) in [7, 11) is 0. The first-order chi connectivity index (χ1) is 11.6. The van der Waals surface area contributed by atoms with E-state index in [1.807, 2.05) is 35.2 Å². The highest BCUT2D eigenvalue weighted by molar-refractivity contribution is 5.95. The third-order valence-electron chi connectivity index (χ3n) is 4.21. The smallest absolute Gasteiger partial charge is 0.273 e. The molecule has 2 aromatic rings. The Morgan fingerprint density at radius 1 is 1.33 bits per heavy atom. The van der Waals surface area contributed by atoms with Crippen LogP contribution in [-0.2, 0) is 4.79 Å². The highest BCUT2D eigenvalue weighted by atomic mass is 16.5. The minimum atomic E-state index is -0.403. The Morgan fingerprint density at radius 3 is 2.88 bits per heavy atom. The molecule has 0 bridgehead atoms. The fraction of sp³-hybridized carbons (Fsp3) is 0.389. The van der Waals surface area contributed by atoms with Gasteiger partial charge in [-0.15, -0.1) is 0 Å². The van der Waals surface area contributed by atoms with Gasteiger partial charge in [0, 0.05) is 24.7 Å². The molecule has 0 spiro atoms. The monoisotopic (exact) mass is 327 g/mol. The van der Waals surface area contributed by atoms with E-state index in [9.17, 15) is 9.59 Å². The number of hydrogen-bond donors (Lipinski definition) is 1. The Balaban J connectivity index is 1.56. The van der Waals surface area contributed by atoms with Crippen molar-refractivity contribution in [3.63, 3.8) is 0 Å². The van der Waals surface area contributed by atoms with Crippen LogP contribution in [0.2, 0.25) is 0 Å². The number of nitrogens with one attached hydrogen (secondary N) is 1. The van der Waals surface area contributed by atoms with E-state index in [1.165, 1.54) is 0 Å². The number of carbonyl (C=O) groups excluding carboxylic acids is 2. The zero-order valence-electron chi connectivity index (χ0n) is 13.7. The maximum Gasteiger partial charge on any atom is 0.273 e. The zero-order valence-corrected chi connectivity index (χ0v) is 13.7. The number of piperidine rings is 1. The SMILES string of the molecule is C[C@@H]1CCCN(C(=O)CNC(=O)c2cc(-c3ccccc3)on2)C1. The highest BCUT2D eigenvalue weighted by Crippen LogP contribution is 2.19. The van der Waals surface area contributed by atoms with E-state index in [1.54, 1.807) is 6.07 Å². The molecule has 6 nitrogen and oxygen atoms in total. The van der Waals surface area contributed by atoms with Gasteiger partial charge in [0.2, 0.25) is 5.91 Å². The van der Waals surface area contributed by atoms with Gasteiger partial charge in [-0.05, 0) is 18.8 Å². The van der Waals surface area contributed by atoms with Crippen LogP contribution < -0.4 is 5.32 Å². The van der Waals surface area contributed by atoms with Crippen molar-refractivity contribution in [2.24, 2.45) is 5.92 Å². The van der Waals surface area contributed by atoms with Gasteiger partial charge in [0.25, 0.3) is 5.91 Å². The van der Waals surface area contributed by atoms with Gasteiger partial charge in [0.1, 0.15) is 0 Å². The molecule has 1 aromatic heterocycles. The quantitative estimate of drug-likeness (QED) is 0.935. The predicted octanol–water partition coefficient (Wildman–Crippen LogP) is 2.33. The fourth-order valence-electron chi connectivity index (χ4n) is 2.89. The van der Waals surface area contributed by atoms with Crippen LogP contribution in [0.15, 0.2) is 40.9 Å². The average molecular weight is 327 g/mol. The molecular weight excluding hydrogens is 306 g/mol. The van der Waals surface area contributed by atoms with Crippen molar-refractivity contribution in [2.75, 3.05) is 19.6 Å². The maximum atomic E-state index is 12.2. The first-order valence-corrected chi connectivity index (χ1v) is 8.21. The van der Waals surface area contributed by atoms with Crippen molar-refractivity contribution in [1.29, 1.82) is 0 Å². The van der Waals surface area contributed by atoms with E-state index in [2.05, 4.69) is 17.4 Å². The molecule has 126 valence electrons. The predicted molar refractivity (Wildman–Crippen MR) is 89.3 cm³/mol. The summed E-state index contributed by atoms with van der Waals surface area (Å²) in [4.78, 5) is 26.1. The number of hydrogen-bond acceptors (Lipinski definition) is 4. The average Bonchev–Trinajstić information content (AvgIpc) is 3.10. The molecule has 6 heteroatoms. The maximum absolute atomic E-state index is 12.2. The summed E-state index contributed by atoms with van der Waals surface area (Å²) < 4.78 is 5.20. The number of carbonyl (C=O) groups is 2. The van der Waals surface area contributed by atoms with Crippen molar-refractivity contribution >= 4 is 11.8 Å². The molecule has 3 rings (SSSR count). The van der Waals surface area contributed by atoms with Crippen LogP contribution in [0.3, 0.4) is 0 Å². The molecule has 1 atom stereocenters. The summed E-state index contributed by atoms with van der Waals surface area (Å²) in [5.41, 5.74) is 1.02. The molecule has 1 fully saturated rings. The second-order valence-corrected chi connectivity index (χ2v) is 6.21. The van der Waals surface area contributed by atoms with Crippen molar-refractivity contribution in [3.8, 4) is 11.3 Å². The van der Waals surface area contributed by atoms with Crippen LogP contribution in [-0.4, -0.2) is 41.5 Å². The number of rotatable bonds is 4. The normalized spacial score (nSPS) is 17.5. The Morgan fingerprint density at radius 2 is 2.12 bits per heavy atom.